The van der Waals surface area contributed by atoms with E-state index in [0.29, 0.717) is 32.2 Å². The normalized spacial score (nSPS) is 21.7. The lowest BCUT2D eigenvalue weighted by atomic mass is 9.89. The molecule has 0 bridgehead atoms. The van der Waals surface area contributed by atoms with Crippen LogP contribution in [0.1, 0.15) is 63.9 Å². The molecule has 0 aliphatic heterocycles. The molecular weight excluding hydrogens is 504 g/mol. The van der Waals surface area contributed by atoms with Crippen LogP contribution in [-0.2, 0) is 25.6 Å². The van der Waals surface area contributed by atoms with Gasteiger partial charge in [0.25, 0.3) is 5.09 Å². The Balaban J connectivity index is 1.97. The van der Waals surface area contributed by atoms with Gasteiger partial charge >= 0.3 is 5.97 Å². The quantitative estimate of drug-likeness (QED) is 0.0830. The number of hydrogen-bond donors (Lipinski definition) is 3. The molecule has 4 unspecified atom stereocenters. The second kappa shape index (κ2) is 18.1. The molecule has 1 aromatic carbocycles. The van der Waals surface area contributed by atoms with Crippen molar-refractivity contribution < 1.29 is 34.5 Å². The second-order valence-corrected chi connectivity index (χ2v) is 9.76. The number of aliphatic hydroxyl groups excluding tert-OH is 2. The highest BCUT2D eigenvalue weighted by Crippen LogP contribution is 2.38. The summed E-state index contributed by atoms with van der Waals surface area (Å²) < 4.78 is 5.66. The predicted octanol–water partition coefficient (Wildman–Crippen LogP) is 3.69. The smallest absolute Gasteiger partial charge is 0.306 e. The summed E-state index contributed by atoms with van der Waals surface area (Å²) in [5.74, 6) is -0.991. The maximum atomic E-state index is 12.4. The number of allylic oxidation sites excluding steroid dienone is 2. The maximum absolute atomic E-state index is 12.4. The fourth-order valence-electron chi connectivity index (χ4n) is 4.74. The van der Waals surface area contributed by atoms with Crippen LogP contribution in [0.3, 0.4) is 0 Å². The molecule has 0 aromatic heterocycles. The Kier molecular flexibility index (Phi) is 14.9. The first-order valence-corrected chi connectivity index (χ1v) is 13.8. The Labute approximate surface area is 230 Å². The van der Waals surface area contributed by atoms with Crippen LogP contribution >= 0.6 is 0 Å². The molecule has 1 saturated carbocycles. The summed E-state index contributed by atoms with van der Waals surface area (Å²) in [6.07, 6.45) is 9.68. The Hall–Kier alpha value is -3.24. The SMILES string of the molecule is CCNC(=O)CCCC=CCC1C(O)CC(OC(=O)CCCO[N+](=O)[O-])C1C=C[C@@H](O)CCc1ccccc1. The molecule has 1 fully saturated rings. The van der Waals surface area contributed by atoms with Crippen molar-refractivity contribution in [2.24, 2.45) is 11.8 Å². The van der Waals surface area contributed by atoms with Gasteiger partial charge < -0.3 is 25.1 Å². The molecule has 2 rings (SSSR count). The summed E-state index contributed by atoms with van der Waals surface area (Å²) in [7, 11) is 0. The number of nitrogens with zero attached hydrogens (tertiary/aromatic N) is 1. The molecule has 1 amide bonds. The topological polar surface area (TPSA) is 148 Å². The van der Waals surface area contributed by atoms with Crippen molar-refractivity contribution in [1.29, 1.82) is 0 Å². The molecule has 1 aromatic rings. The van der Waals surface area contributed by atoms with Crippen LogP contribution < -0.4 is 5.32 Å². The summed E-state index contributed by atoms with van der Waals surface area (Å²) >= 11 is 0. The van der Waals surface area contributed by atoms with Gasteiger partial charge in [-0.2, -0.15) is 0 Å². The number of hydrogen-bond acceptors (Lipinski definition) is 8. The number of ether oxygens (including phenoxy) is 1. The molecule has 0 radical (unpaired) electrons. The molecule has 216 valence electrons. The fraction of sp³-hybridized carbons (Fsp3) is 0.586. The molecule has 10 heteroatoms. The van der Waals surface area contributed by atoms with Gasteiger partial charge in [0.2, 0.25) is 5.91 Å². The van der Waals surface area contributed by atoms with Crippen molar-refractivity contribution in [2.45, 2.75) is 83.0 Å². The predicted molar refractivity (Wildman–Crippen MR) is 146 cm³/mol. The number of unbranched alkanes of at least 4 members (excludes halogenated alkanes) is 1. The Bertz CT molecular complexity index is 936. The summed E-state index contributed by atoms with van der Waals surface area (Å²) in [6.45, 7) is 2.30. The summed E-state index contributed by atoms with van der Waals surface area (Å²) in [6, 6.07) is 9.87. The molecule has 3 N–H and O–H groups in total. The zero-order valence-electron chi connectivity index (χ0n) is 22.7. The van der Waals surface area contributed by atoms with Crippen LogP contribution in [0.4, 0.5) is 0 Å². The van der Waals surface area contributed by atoms with Gasteiger partial charge in [-0.05, 0) is 56.9 Å². The third kappa shape index (κ3) is 12.9. The average Bonchev–Trinajstić information content (AvgIpc) is 3.20. The number of nitrogens with one attached hydrogen (secondary N) is 1. The van der Waals surface area contributed by atoms with E-state index in [4.69, 9.17) is 4.74 Å². The van der Waals surface area contributed by atoms with Crippen LogP contribution in [-0.4, -0.2) is 58.6 Å². The van der Waals surface area contributed by atoms with E-state index in [0.717, 1.165) is 18.4 Å². The molecule has 39 heavy (non-hydrogen) atoms. The van der Waals surface area contributed by atoms with E-state index in [1.54, 1.807) is 6.08 Å². The minimum absolute atomic E-state index is 0.0303. The van der Waals surface area contributed by atoms with Crippen molar-refractivity contribution in [2.75, 3.05) is 13.2 Å². The van der Waals surface area contributed by atoms with Crippen molar-refractivity contribution in [3.63, 3.8) is 0 Å². The van der Waals surface area contributed by atoms with Gasteiger partial charge in [-0.1, -0.05) is 54.6 Å². The number of aryl methyl sites for hydroxylation is 1. The number of esters is 1. The molecule has 1 aliphatic rings. The van der Waals surface area contributed by atoms with Crippen molar-refractivity contribution in [3.05, 3.63) is 70.3 Å². The maximum Gasteiger partial charge on any atom is 0.306 e. The van der Waals surface area contributed by atoms with E-state index in [9.17, 15) is 29.9 Å². The lowest BCUT2D eigenvalue weighted by Crippen LogP contribution is -2.25. The van der Waals surface area contributed by atoms with E-state index < -0.39 is 29.4 Å². The highest BCUT2D eigenvalue weighted by molar-refractivity contribution is 5.75. The largest absolute Gasteiger partial charge is 0.462 e. The first-order valence-electron chi connectivity index (χ1n) is 13.8. The summed E-state index contributed by atoms with van der Waals surface area (Å²) in [5.41, 5.74) is 1.13. The Morgan fingerprint density at radius 3 is 2.69 bits per heavy atom. The standard InChI is InChI=1S/C29H42N2O8/c1-2-30-28(34)14-9-4-3-8-13-24-25(19-18-23(32)17-16-22-11-6-5-7-12-22)27(21-26(24)33)39-29(35)15-10-20-38-31(36)37/h3,5-8,11-12,18-19,23-27,32-33H,2,4,9-10,13-17,20-21H2,1H3,(H,30,34)/t23-,24?,25?,26?,27?/m0/s1. The summed E-state index contributed by atoms with van der Waals surface area (Å²) in [4.78, 5) is 38.5. The van der Waals surface area contributed by atoms with E-state index in [2.05, 4.69) is 10.2 Å². The minimum atomic E-state index is -0.902. The van der Waals surface area contributed by atoms with Gasteiger partial charge in [0, 0.05) is 31.7 Å². The first kappa shape index (κ1) is 32.0. The lowest BCUT2D eigenvalue weighted by molar-refractivity contribution is -0.757. The van der Waals surface area contributed by atoms with Crippen molar-refractivity contribution in [1.82, 2.24) is 5.32 Å². The second-order valence-electron chi connectivity index (χ2n) is 9.76. The third-order valence-electron chi connectivity index (χ3n) is 6.75. The van der Waals surface area contributed by atoms with Crippen LogP contribution in [0, 0.1) is 22.0 Å². The number of carbonyl (C=O) groups excluding carboxylic acids is 2. The first-order chi connectivity index (χ1) is 18.8. The average molecular weight is 547 g/mol. The van der Waals surface area contributed by atoms with Crippen LogP contribution in [0.2, 0.25) is 0 Å². The fourth-order valence-corrected chi connectivity index (χ4v) is 4.74. The molecule has 0 spiro atoms. The Morgan fingerprint density at radius 2 is 1.97 bits per heavy atom. The number of carbonyl (C=O) groups is 2. The summed E-state index contributed by atoms with van der Waals surface area (Å²) in [5, 5.41) is 33.5. The molecule has 0 heterocycles. The lowest BCUT2D eigenvalue weighted by Gasteiger charge is -2.22. The minimum Gasteiger partial charge on any atom is -0.462 e. The molecule has 0 saturated heterocycles. The van der Waals surface area contributed by atoms with Crippen molar-refractivity contribution >= 4 is 11.9 Å². The number of rotatable bonds is 18. The van der Waals surface area contributed by atoms with Gasteiger partial charge in [-0.15, -0.1) is 10.1 Å². The highest BCUT2D eigenvalue weighted by Gasteiger charge is 2.42. The molecule has 10 nitrogen and oxygen atoms in total. The van der Waals surface area contributed by atoms with Gasteiger partial charge in [0.15, 0.2) is 0 Å². The molecule has 1 aliphatic carbocycles. The van der Waals surface area contributed by atoms with Gasteiger partial charge in [-0.3, -0.25) is 9.59 Å². The number of amides is 1. The third-order valence-corrected chi connectivity index (χ3v) is 6.75. The van der Waals surface area contributed by atoms with Crippen molar-refractivity contribution in [3.8, 4) is 0 Å². The number of benzene rings is 1. The highest BCUT2D eigenvalue weighted by atomic mass is 16.9. The zero-order chi connectivity index (χ0) is 28.5. The van der Waals surface area contributed by atoms with Crippen LogP contribution in [0.5, 0.6) is 0 Å². The van der Waals surface area contributed by atoms with Gasteiger partial charge in [0.1, 0.15) is 6.10 Å². The van der Waals surface area contributed by atoms with Crippen LogP contribution in [0.15, 0.2) is 54.6 Å². The van der Waals surface area contributed by atoms with E-state index in [1.807, 2.05) is 55.5 Å². The zero-order valence-corrected chi connectivity index (χ0v) is 22.7. The molecule has 5 atom stereocenters. The molecular formula is C29H42N2O8. The number of aliphatic hydroxyl groups is 2. The van der Waals surface area contributed by atoms with Gasteiger partial charge in [0.05, 0.1) is 18.8 Å². The Morgan fingerprint density at radius 1 is 1.21 bits per heavy atom. The van der Waals surface area contributed by atoms with E-state index >= 15 is 0 Å². The van der Waals surface area contributed by atoms with Crippen LogP contribution in [0.25, 0.3) is 0 Å². The monoisotopic (exact) mass is 546 g/mol. The van der Waals surface area contributed by atoms with E-state index in [1.165, 1.54) is 0 Å². The van der Waals surface area contributed by atoms with Gasteiger partial charge in [-0.25, -0.2) is 0 Å². The van der Waals surface area contributed by atoms with E-state index in [-0.39, 0.29) is 43.6 Å².